The molecule has 2 aliphatic heterocycles. The van der Waals surface area contributed by atoms with Gasteiger partial charge >= 0.3 is 0 Å². The van der Waals surface area contributed by atoms with Crippen molar-refractivity contribution in [3.05, 3.63) is 46.8 Å². The number of pyridine rings is 2. The molecule has 7 heteroatoms. The van der Waals surface area contributed by atoms with Gasteiger partial charge in [0.1, 0.15) is 0 Å². The van der Waals surface area contributed by atoms with Crippen LogP contribution in [0.25, 0.3) is 0 Å². The van der Waals surface area contributed by atoms with Gasteiger partial charge in [0.2, 0.25) is 11.8 Å². The lowest BCUT2D eigenvalue weighted by Gasteiger charge is -2.27. The van der Waals surface area contributed by atoms with Gasteiger partial charge in [-0.25, -0.2) is 9.97 Å². The zero-order valence-corrected chi connectivity index (χ0v) is 18.8. The number of likely N-dealkylation sites (tertiary alicyclic amines) is 2. The molecule has 2 aromatic heterocycles. The highest BCUT2D eigenvalue weighted by Crippen LogP contribution is 2.27. The molecular formula is C25H34N4O3. The molecular weight excluding hydrogens is 404 g/mol. The fraction of sp³-hybridized carbons (Fsp3) is 0.560. The standard InChI is InChI=1S/C25H34N4O3/c30-23(19-7-11-26-24(31)21(19)9-17-28-13-3-1-4-14-28)20-8-12-27-25(32)22(20)10-18-29-15-5-2-6-16-29/h7-8,11-12H,1-6,9-10,13-18H2,(H,26,31)(H,27,32). The summed E-state index contributed by atoms with van der Waals surface area (Å²) in [5.74, 6) is -0.357. The molecule has 0 atom stereocenters. The number of piperidine rings is 2. The topological polar surface area (TPSA) is 89.8 Å². The Balaban J connectivity index is 1.54. The Morgan fingerprint density at radius 2 is 1.12 bits per heavy atom. The fourth-order valence-corrected chi connectivity index (χ4v) is 4.93. The normalized spacial score (nSPS) is 18.0. The number of rotatable bonds is 8. The van der Waals surface area contributed by atoms with E-state index < -0.39 is 0 Å². The first kappa shape index (κ1) is 22.7. The molecule has 0 aliphatic carbocycles. The average molecular weight is 439 g/mol. The van der Waals surface area contributed by atoms with Gasteiger partial charge in [0.25, 0.3) is 0 Å². The molecule has 0 bridgehead atoms. The van der Waals surface area contributed by atoms with Crippen LogP contribution in [-0.4, -0.2) is 75.0 Å². The van der Waals surface area contributed by atoms with Crippen molar-refractivity contribution in [2.45, 2.75) is 51.4 Å². The van der Waals surface area contributed by atoms with Gasteiger partial charge in [0, 0.05) is 47.7 Å². The lowest BCUT2D eigenvalue weighted by Crippen LogP contribution is -2.32. The second-order valence-corrected chi connectivity index (χ2v) is 8.96. The van der Waals surface area contributed by atoms with Gasteiger partial charge in [-0.1, -0.05) is 12.8 Å². The Morgan fingerprint density at radius 1 is 0.719 bits per heavy atom. The molecule has 2 aliphatic rings. The maximum atomic E-state index is 13.6. The van der Waals surface area contributed by atoms with Gasteiger partial charge in [0.15, 0.2) is 5.78 Å². The van der Waals surface area contributed by atoms with Crippen molar-refractivity contribution in [2.75, 3.05) is 39.3 Å². The molecule has 0 spiro atoms. The van der Waals surface area contributed by atoms with E-state index in [9.17, 15) is 15.0 Å². The van der Waals surface area contributed by atoms with Crippen LogP contribution >= 0.6 is 0 Å². The third-order valence-electron chi connectivity index (χ3n) is 6.81. The molecule has 4 rings (SSSR count). The van der Waals surface area contributed by atoms with E-state index in [0.717, 1.165) is 39.3 Å². The van der Waals surface area contributed by atoms with Gasteiger partial charge in [-0.3, -0.25) is 4.79 Å². The Labute approximate surface area is 190 Å². The van der Waals surface area contributed by atoms with Crippen molar-refractivity contribution in [3.8, 4) is 11.8 Å². The van der Waals surface area contributed by atoms with Crippen LogP contribution in [0.4, 0.5) is 0 Å². The van der Waals surface area contributed by atoms with Gasteiger partial charge in [-0.15, -0.1) is 0 Å². The summed E-state index contributed by atoms with van der Waals surface area (Å²) in [6.07, 6.45) is 11.4. The molecule has 32 heavy (non-hydrogen) atoms. The number of carbonyl (C=O) groups excluding carboxylic acids is 1. The first-order chi connectivity index (χ1) is 15.6. The lowest BCUT2D eigenvalue weighted by molar-refractivity contribution is 0.103. The summed E-state index contributed by atoms with van der Waals surface area (Å²) >= 11 is 0. The van der Waals surface area contributed by atoms with Crippen LogP contribution in [0.5, 0.6) is 11.8 Å². The molecule has 7 nitrogen and oxygen atoms in total. The largest absolute Gasteiger partial charge is 0.493 e. The second kappa shape index (κ2) is 10.9. The summed E-state index contributed by atoms with van der Waals surface area (Å²) < 4.78 is 0. The molecule has 0 saturated carbocycles. The lowest BCUT2D eigenvalue weighted by atomic mass is 9.94. The molecule has 0 unspecified atom stereocenters. The second-order valence-electron chi connectivity index (χ2n) is 8.96. The van der Waals surface area contributed by atoms with Crippen LogP contribution in [0.1, 0.15) is 65.6 Å². The number of hydrogen-bond acceptors (Lipinski definition) is 7. The van der Waals surface area contributed by atoms with E-state index >= 15 is 0 Å². The summed E-state index contributed by atoms with van der Waals surface area (Å²) in [7, 11) is 0. The smallest absolute Gasteiger partial charge is 0.214 e. The van der Waals surface area contributed by atoms with Crippen LogP contribution in [0.2, 0.25) is 0 Å². The van der Waals surface area contributed by atoms with E-state index in [4.69, 9.17) is 0 Å². The summed E-state index contributed by atoms with van der Waals surface area (Å²) in [5, 5.41) is 20.9. The predicted octanol–water partition coefficient (Wildman–Crippen LogP) is 3.18. The van der Waals surface area contributed by atoms with Gasteiger partial charge < -0.3 is 20.0 Å². The number of aromatic nitrogens is 2. The zero-order valence-electron chi connectivity index (χ0n) is 18.8. The van der Waals surface area contributed by atoms with Crippen molar-refractivity contribution < 1.29 is 15.0 Å². The van der Waals surface area contributed by atoms with E-state index in [2.05, 4.69) is 19.8 Å². The van der Waals surface area contributed by atoms with Crippen molar-refractivity contribution in [1.82, 2.24) is 19.8 Å². The number of ketones is 1. The Morgan fingerprint density at radius 3 is 1.53 bits per heavy atom. The van der Waals surface area contributed by atoms with Gasteiger partial charge in [-0.05, 0) is 76.8 Å². The number of aromatic hydroxyl groups is 2. The maximum Gasteiger partial charge on any atom is 0.214 e. The molecule has 0 aromatic carbocycles. The summed E-state index contributed by atoms with van der Waals surface area (Å²) in [6, 6.07) is 3.36. The summed E-state index contributed by atoms with van der Waals surface area (Å²) in [5.41, 5.74) is 2.08. The van der Waals surface area contributed by atoms with E-state index in [1.165, 1.54) is 50.9 Å². The highest BCUT2D eigenvalue weighted by molar-refractivity contribution is 6.11. The minimum Gasteiger partial charge on any atom is -0.493 e. The monoisotopic (exact) mass is 438 g/mol. The van der Waals surface area contributed by atoms with Crippen LogP contribution in [0.3, 0.4) is 0 Å². The maximum absolute atomic E-state index is 13.6. The van der Waals surface area contributed by atoms with Gasteiger partial charge in [0.05, 0.1) is 0 Å². The van der Waals surface area contributed by atoms with Crippen LogP contribution in [0.15, 0.2) is 24.5 Å². The predicted molar refractivity (Wildman–Crippen MR) is 123 cm³/mol. The first-order valence-corrected chi connectivity index (χ1v) is 12.0. The summed E-state index contributed by atoms with van der Waals surface area (Å²) in [6.45, 7) is 5.82. The third-order valence-corrected chi connectivity index (χ3v) is 6.81. The number of carbonyl (C=O) groups is 1. The van der Waals surface area contributed by atoms with Crippen molar-refractivity contribution in [2.24, 2.45) is 0 Å². The molecule has 4 heterocycles. The Bertz CT molecular complexity index is 848. The number of nitrogens with zero attached hydrogens (tertiary/aromatic N) is 4. The molecule has 172 valence electrons. The molecule has 2 aromatic rings. The van der Waals surface area contributed by atoms with Crippen LogP contribution < -0.4 is 0 Å². The van der Waals surface area contributed by atoms with E-state index in [0.29, 0.717) is 35.1 Å². The van der Waals surface area contributed by atoms with Crippen molar-refractivity contribution >= 4 is 5.78 Å². The Hall–Kier alpha value is -2.51. The van der Waals surface area contributed by atoms with Crippen LogP contribution in [0, 0.1) is 0 Å². The van der Waals surface area contributed by atoms with Crippen molar-refractivity contribution in [3.63, 3.8) is 0 Å². The zero-order chi connectivity index (χ0) is 22.3. The molecule has 0 radical (unpaired) electrons. The Kier molecular flexibility index (Phi) is 7.71. The SMILES string of the molecule is O=C(c1ccnc(O)c1CCN1CCCCC1)c1ccnc(O)c1CCN1CCCCC1. The minimum atomic E-state index is -0.192. The highest BCUT2D eigenvalue weighted by atomic mass is 16.3. The molecule has 2 saturated heterocycles. The van der Waals surface area contributed by atoms with Crippen LogP contribution in [-0.2, 0) is 12.8 Å². The molecule has 2 fully saturated rings. The fourth-order valence-electron chi connectivity index (χ4n) is 4.93. The summed E-state index contributed by atoms with van der Waals surface area (Å²) in [4.78, 5) is 26.4. The quantitative estimate of drug-likeness (QED) is 0.612. The van der Waals surface area contributed by atoms with E-state index in [1.54, 1.807) is 12.1 Å². The number of hydrogen-bond donors (Lipinski definition) is 2. The third kappa shape index (κ3) is 5.45. The molecule has 2 N–H and O–H groups in total. The molecule has 0 amide bonds. The van der Waals surface area contributed by atoms with Gasteiger partial charge in [-0.2, -0.15) is 0 Å². The van der Waals surface area contributed by atoms with E-state index in [1.807, 2.05) is 0 Å². The highest BCUT2D eigenvalue weighted by Gasteiger charge is 2.23. The van der Waals surface area contributed by atoms with E-state index in [-0.39, 0.29) is 17.5 Å². The first-order valence-electron chi connectivity index (χ1n) is 12.0. The average Bonchev–Trinajstić information content (AvgIpc) is 2.83. The minimum absolute atomic E-state index is 0.0824. The van der Waals surface area contributed by atoms with Crippen molar-refractivity contribution in [1.29, 1.82) is 0 Å².